The Morgan fingerprint density at radius 1 is 0.373 bits per heavy atom. The SMILES string of the molecule is CC(C)(N1C(=O)c2ccc(-n3c4ccccc4c4ccccc43)cc2C1=O)N1C(=O)c2ccc(-n3c4ccccc4c4ccccc43)cc2C1=O. The van der Waals surface area contributed by atoms with Gasteiger partial charge in [-0.3, -0.25) is 29.0 Å². The summed E-state index contributed by atoms with van der Waals surface area (Å²) in [6.45, 7) is 3.14. The lowest BCUT2D eigenvalue weighted by molar-refractivity contribution is 0.00432. The van der Waals surface area contributed by atoms with Crippen molar-refractivity contribution < 1.29 is 19.2 Å². The average Bonchev–Trinajstić information content (AvgIpc) is 3.83. The zero-order valence-corrected chi connectivity index (χ0v) is 27.6. The van der Waals surface area contributed by atoms with Gasteiger partial charge in [0.2, 0.25) is 0 Å². The van der Waals surface area contributed by atoms with Gasteiger partial charge in [0.15, 0.2) is 0 Å². The zero-order valence-electron chi connectivity index (χ0n) is 27.6. The minimum atomic E-state index is -1.61. The van der Waals surface area contributed by atoms with Crippen molar-refractivity contribution in [2.24, 2.45) is 0 Å². The average molecular weight is 665 g/mol. The zero-order chi connectivity index (χ0) is 34.8. The Bertz CT molecular complexity index is 2590. The van der Waals surface area contributed by atoms with E-state index in [1.54, 1.807) is 38.1 Å². The second-order valence-corrected chi connectivity index (χ2v) is 13.6. The largest absolute Gasteiger partial charge is 0.309 e. The highest BCUT2D eigenvalue weighted by atomic mass is 16.2. The molecule has 0 radical (unpaired) electrons. The van der Waals surface area contributed by atoms with E-state index in [-0.39, 0.29) is 22.3 Å². The maximum atomic E-state index is 14.2. The van der Waals surface area contributed by atoms with Crippen molar-refractivity contribution >= 4 is 67.2 Å². The first kappa shape index (κ1) is 29.1. The molecule has 0 fully saturated rings. The van der Waals surface area contributed by atoms with E-state index in [0.717, 1.165) is 64.8 Å². The molecule has 6 aromatic carbocycles. The van der Waals surface area contributed by atoms with Crippen molar-refractivity contribution in [3.8, 4) is 11.4 Å². The summed E-state index contributed by atoms with van der Waals surface area (Å²) < 4.78 is 4.16. The van der Waals surface area contributed by atoms with Crippen LogP contribution in [0.5, 0.6) is 0 Å². The fourth-order valence-corrected chi connectivity index (χ4v) is 8.23. The van der Waals surface area contributed by atoms with E-state index in [9.17, 15) is 19.2 Å². The lowest BCUT2D eigenvalue weighted by Crippen LogP contribution is -2.60. The van der Waals surface area contributed by atoms with Crippen LogP contribution in [-0.4, -0.2) is 48.2 Å². The fraction of sp³-hybridized carbons (Fsp3) is 0.0698. The van der Waals surface area contributed by atoms with Crippen LogP contribution >= 0.6 is 0 Å². The van der Waals surface area contributed by atoms with Crippen LogP contribution in [0.4, 0.5) is 0 Å². The van der Waals surface area contributed by atoms with Crippen molar-refractivity contribution in [2.45, 2.75) is 19.5 Å². The molecule has 0 saturated carbocycles. The number of hydrogen-bond donors (Lipinski definition) is 0. The van der Waals surface area contributed by atoms with Crippen molar-refractivity contribution in [1.29, 1.82) is 0 Å². The molecule has 2 aliphatic rings. The number of imide groups is 2. The number of aromatic nitrogens is 2. The van der Waals surface area contributed by atoms with Crippen LogP contribution in [0.2, 0.25) is 0 Å². The second kappa shape index (κ2) is 10.1. The standard InChI is InChI=1S/C43H28N4O4/c1-43(2,46-39(48)31-21-19-25(23-33(31)41(46)50)44-35-15-7-3-11-27(35)28-12-4-8-16-36(28)44)47-40(49)32-22-20-26(24-34(32)42(47)51)45-37-17-9-5-13-29(37)30-14-6-10-18-38(30)45/h3-24H,1-2H3. The van der Waals surface area contributed by atoms with Crippen LogP contribution in [0.15, 0.2) is 133 Å². The molecular weight excluding hydrogens is 636 g/mol. The Morgan fingerprint density at radius 2 is 0.667 bits per heavy atom. The third-order valence-electron chi connectivity index (χ3n) is 10.5. The number of hydrogen-bond acceptors (Lipinski definition) is 4. The number of carbonyl (C=O) groups excluding carboxylic acids is 4. The van der Waals surface area contributed by atoms with Gasteiger partial charge >= 0.3 is 0 Å². The van der Waals surface area contributed by atoms with E-state index < -0.39 is 29.3 Å². The number of para-hydroxylation sites is 4. The molecule has 244 valence electrons. The smallest absolute Gasteiger partial charge is 0.263 e. The van der Waals surface area contributed by atoms with E-state index in [2.05, 4.69) is 33.4 Å². The van der Waals surface area contributed by atoms with Gasteiger partial charge in [-0.25, -0.2) is 0 Å². The first-order chi connectivity index (χ1) is 24.8. The van der Waals surface area contributed by atoms with Gasteiger partial charge in [-0.05, 0) is 74.5 Å². The summed E-state index contributed by atoms with van der Waals surface area (Å²) in [5.41, 5.74) is 4.62. The molecule has 0 bridgehead atoms. The van der Waals surface area contributed by atoms with Crippen molar-refractivity contribution in [2.75, 3.05) is 0 Å². The molecule has 8 nitrogen and oxygen atoms in total. The Kier molecular flexibility index (Phi) is 5.78. The minimum Gasteiger partial charge on any atom is -0.309 e. The lowest BCUT2D eigenvalue weighted by Gasteiger charge is -2.40. The van der Waals surface area contributed by atoms with Crippen LogP contribution in [0.1, 0.15) is 55.3 Å². The normalized spacial score (nSPS) is 14.5. The monoisotopic (exact) mass is 664 g/mol. The van der Waals surface area contributed by atoms with E-state index in [0.29, 0.717) is 0 Å². The number of rotatable bonds is 4. The van der Waals surface area contributed by atoms with E-state index in [1.807, 2.05) is 84.9 Å². The first-order valence-electron chi connectivity index (χ1n) is 16.8. The predicted octanol–water partition coefficient (Wildman–Crippen LogP) is 8.51. The molecular formula is C43H28N4O4. The summed E-state index contributed by atoms with van der Waals surface area (Å²) in [5.74, 6) is -2.25. The Labute approximate surface area is 291 Å². The summed E-state index contributed by atoms with van der Waals surface area (Å²) in [6.07, 6.45) is 0. The quantitative estimate of drug-likeness (QED) is 0.177. The maximum Gasteiger partial charge on any atom is 0.263 e. The number of benzene rings is 6. The molecule has 2 aliphatic heterocycles. The van der Waals surface area contributed by atoms with E-state index >= 15 is 0 Å². The lowest BCUT2D eigenvalue weighted by atomic mass is 10.1. The second-order valence-electron chi connectivity index (χ2n) is 13.6. The van der Waals surface area contributed by atoms with Crippen molar-refractivity contribution in [1.82, 2.24) is 18.9 Å². The summed E-state index contributed by atoms with van der Waals surface area (Å²) in [6, 6.07) is 42.7. The molecule has 0 aliphatic carbocycles. The highest BCUT2D eigenvalue weighted by Crippen LogP contribution is 2.40. The third-order valence-corrected chi connectivity index (χ3v) is 10.5. The molecule has 4 amide bonds. The van der Waals surface area contributed by atoms with Crippen LogP contribution < -0.4 is 0 Å². The van der Waals surface area contributed by atoms with Gasteiger partial charge in [0.25, 0.3) is 23.6 Å². The number of amides is 4. The molecule has 51 heavy (non-hydrogen) atoms. The molecule has 0 N–H and O–H groups in total. The molecule has 8 aromatic rings. The highest BCUT2D eigenvalue weighted by Gasteiger charge is 2.53. The van der Waals surface area contributed by atoms with Gasteiger partial charge in [-0.15, -0.1) is 0 Å². The molecule has 2 aromatic heterocycles. The summed E-state index contributed by atoms with van der Waals surface area (Å²) >= 11 is 0. The summed E-state index contributed by atoms with van der Waals surface area (Å²) in [7, 11) is 0. The molecule has 0 unspecified atom stereocenters. The third kappa shape index (κ3) is 3.78. The Hall–Kier alpha value is -6.80. The van der Waals surface area contributed by atoms with Gasteiger partial charge in [0.1, 0.15) is 5.66 Å². The van der Waals surface area contributed by atoms with Gasteiger partial charge < -0.3 is 9.13 Å². The van der Waals surface area contributed by atoms with Crippen LogP contribution in [0.25, 0.3) is 55.0 Å². The number of carbonyl (C=O) groups is 4. The fourth-order valence-electron chi connectivity index (χ4n) is 8.23. The van der Waals surface area contributed by atoms with Crippen LogP contribution in [-0.2, 0) is 0 Å². The molecule has 8 heteroatoms. The summed E-state index contributed by atoms with van der Waals surface area (Å²) in [4.78, 5) is 58.6. The Morgan fingerprint density at radius 3 is 1.00 bits per heavy atom. The van der Waals surface area contributed by atoms with Gasteiger partial charge in [0, 0.05) is 32.9 Å². The van der Waals surface area contributed by atoms with Gasteiger partial charge in [-0.1, -0.05) is 72.8 Å². The van der Waals surface area contributed by atoms with Gasteiger partial charge in [-0.2, -0.15) is 0 Å². The van der Waals surface area contributed by atoms with Crippen molar-refractivity contribution in [3.63, 3.8) is 0 Å². The maximum absolute atomic E-state index is 14.2. The molecule has 0 atom stereocenters. The molecule has 0 spiro atoms. The van der Waals surface area contributed by atoms with Crippen molar-refractivity contribution in [3.05, 3.63) is 156 Å². The highest BCUT2D eigenvalue weighted by molar-refractivity contribution is 6.25. The predicted molar refractivity (Wildman–Crippen MR) is 197 cm³/mol. The molecule has 10 rings (SSSR count). The van der Waals surface area contributed by atoms with E-state index in [1.165, 1.54) is 0 Å². The van der Waals surface area contributed by atoms with Crippen LogP contribution in [0, 0.1) is 0 Å². The Balaban J connectivity index is 1.03. The van der Waals surface area contributed by atoms with E-state index in [4.69, 9.17) is 0 Å². The first-order valence-corrected chi connectivity index (χ1v) is 16.8. The number of fused-ring (bicyclic) bond motifs is 8. The topological polar surface area (TPSA) is 84.6 Å². The van der Waals surface area contributed by atoms with Crippen LogP contribution in [0.3, 0.4) is 0 Å². The molecule has 4 heterocycles. The number of nitrogens with zero attached hydrogens (tertiary/aromatic N) is 4. The minimum absolute atomic E-state index is 0.220. The summed E-state index contributed by atoms with van der Waals surface area (Å²) in [5, 5.41) is 4.30. The van der Waals surface area contributed by atoms with Gasteiger partial charge in [0.05, 0.1) is 44.3 Å². The molecule has 0 saturated heterocycles.